The standard InChI is InChI=1S/C17H13Cl3N4O5S/c18-17(19,20)15(22-13(25)10-2-1-3-12(8-10)24(28)29)23-16(30)21-11-6-4-9(5-7-11)14(26)27/h1-8,15H,(H,22,25)(H,26,27)(H2,21,23,30)/p-1/t15-/m0/s1. The van der Waals surface area contributed by atoms with Gasteiger partial charge in [0.1, 0.15) is 6.17 Å². The number of carbonyl (C=O) groups is 2. The summed E-state index contributed by atoms with van der Waals surface area (Å²) in [6, 6.07) is 10.5. The molecule has 1 atom stereocenters. The Kier molecular flexibility index (Phi) is 7.79. The van der Waals surface area contributed by atoms with Gasteiger partial charge in [0.15, 0.2) is 5.11 Å². The van der Waals surface area contributed by atoms with Crippen LogP contribution in [-0.4, -0.2) is 31.9 Å². The van der Waals surface area contributed by atoms with Crippen LogP contribution in [0.2, 0.25) is 0 Å². The molecule has 0 aliphatic heterocycles. The maximum absolute atomic E-state index is 12.4. The molecule has 2 aromatic carbocycles. The zero-order valence-corrected chi connectivity index (χ0v) is 17.8. The van der Waals surface area contributed by atoms with Gasteiger partial charge in [-0.25, -0.2) is 0 Å². The Bertz CT molecular complexity index is 982. The molecule has 0 saturated carbocycles. The van der Waals surface area contributed by atoms with Crippen LogP contribution in [0.1, 0.15) is 20.7 Å². The van der Waals surface area contributed by atoms with Crippen molar-refractivity contribution in [1.29, 1.82) is 0 Å². The van der Waals surface area contributed by atoms with Gasteiger partial charge in [0.25, 0.3) is 11.6 Å². The van der Waals surface area contributed by atoms with Crippen LogP contribution in [0.5, 0.6) is 0 Å². The van der Waals surface area contributed by atoms with Crippen molar-refractivity contribution in [2.75, 3.05) is 5.32 Å². The Morgan fingerprint density at radius 1 is 1.03 bits per heavy atom. The average molecular weight is 491 g/mol. The smallest absolute Gasteiger partial charge is 0.270 e. The number of carbonyl (C=O) groups excluding carboxylic acids is 2. The van der Waals surface area contributed by atoms with E-state index in [1.54, 1.807) is 0 Å². The second-order valence-electron chi connectivity index (χ2n) is 5.72. The summed E-state index contributed by atoms with van der Waals surface area (Å²) in [5, 5.41) is 29.3. The predicted octanol–water partition coefficient (Wildman–Crippen LogP) is 2.37. The van der Waals surface area contributed by atoms with Gasteiger partial charge in [-0.15, -0.1) is 0 Å². The summed E-state index contributed by atoms with van der Waals surface area (Å²) >= 11 is 22.8. The molecular weight excluding hydrogens is 479 g/mol. The van der Waals surface area contributed by atoms with E-state index in [1.165, 1.54) is 42.5 Å². The summed E-state index contributed by atoms with van der Waals surface area (Å²) in [4.78, 5) is 33.4. The third-order valence-corrected chi connectivity index (χ3v) is 4.45. The first kappa shape index (κ1) is 23.6. The Labute approximate surface area is 190 Å². The highest BCUT2D eigenvalue weighted by molar-refractivity contribution is 7.80. The molecule has 13 heteroatoms. The lowest BCUT2D eigenvalue weighted by Crippen LogP contribution is -2.56. The number of hydrogen-bond donors (Lipinski definition) is 3. The number of halogens is 3. The van der Waals surface area contributed by atoms with Gasteiger partial charge in [0, 0.05) is 23.4 Å². The maximum atomic E-state index is 12.4. The average Bonchev–Trinajstić information content (AvgIpc) is 2.67. The minimum Gasteiger partial charge on any atom is -0.545 e. The lowest BCUT2D eigenvalue weighted by atomic mass is 10.2. The molecule has 0 aromatic heterocycles. The monoisotopic (exact) mass is 489 g/mol. The van der Waals surface area contributed by atoms with E-state index in [4.69, 9.17) is 47.0 Å². The number of nitro groups is 1. The second-order valence-corrected chi connectivity index (χ2v) is 8.50. The number of nitrogens with one attached hydrogen (secondary N) is 3. The predicted molar refractivity (Wildman–Crippen MR) is 115 cm³/mol. The van der Waals surface area contributed by atoms with E-state index in [0.29, 0.717) is 5.69 Å². The number of nitrogens with zero attached hydrogens (tertiary/aromatic N) is 1. The van der Waals surface area contributed by atoms with Crippen LogP contribution in [0, 0.1) is 10.1 Å². The molecule has 0 unspecified atom stereocenters. The van der Waals surface area contributed by atoms with Crippen molar-refractivity contribution in [2.45, 2.75) is 9.96 Å². The molecule has 1 amide bonds. The number of alkyl halides is 3. The van der Waals surface area contributed by atoms with E-state index in [2.05, 4.69) is 16.0 Å². The molecule has 30 heavy (non-hydrogen) atoms. The molecule has 0 aliphatic rings. The van der Waals surface area contributed by atoms with Crippen LogP contribution in [0.25, 0.3) is 0 Å². The van der Waals surface area contributed by atoms with E-state index in [0.717, 1.165) is 6.07 Å². The molecule has 3 N–H and O–H groups in total. The van der Waals surface area contributed by atoms with Crippen molar-refractivity contribution in [1.82, 2.24) is 10.6 Å². The van der Waals surface area contributed by atoms with Crippen molar-refractivity contribution in [3.05, 3.63) is 69.8 Å². The molecule has 0 fully saturated rings. The fourth-order valence-electron chi connectivity index (χ4n) is 2.16. The fourth-order valence-corrected chi connectivity index (χ4v) is 2.73. The van der Waals surface area contributed by atoms with Crippen LogP contribution >= 0.6 is 47.0 Å². The van der Waals surface area contributed by atoms with E-state index in [1.807, 2.05) is 0 Å². The number of thiocarbonyl (C=S) groups is 1. The van der Waals surface area contributed by atoms with E-state index in [-0.39, 0.29) is 21.9 Å². The lowest BCUT2D eigenvalue weighted by molar-refractivity contribution is -0.384. The van der Waals surface area contributed by atoms with E-state index >= 15 is 0 Å². The zero-order valence-electron chi connectivity index (χ0n) is 14.7. The number of anilines is 1. The topological polar surface area (TPSA) is 136 Å². The highest BCUT2D eigenvalue weighted by Crippen LogP contribution is 2.29. The molecule has 9 nitrogen and oxygen atoms in total. The van der Waals surface area contributed by atoms with Crippen LogP contribution in [0.3, 0.4) is 0 Å². The van der Waals surface area contributed by atoms with E-state index in [9.17, 15) is 24.8 Å². The van der Waals surface area contributed by atoms with Crippen molar-refractivity contribution >= 4 is 75.4 Å². The number of rotatable bonds is 6. The number of aromatic carboxylic acids is 1. The lowest BCUT2D eigenvalue weighted by Gasteiger charge is -2.27. The van der Waals surface area contributed by atoms with E-state index < -0.39 is 26.8 Å². The van der Waals surface area contributed by atoms with Crippen LogP contribution < -0.4 is 21.1 Å². The van der Waals surface area contributed by atoms with Gasteiger partial charge >= 0.3 is 0 Å². The van der Waals surface area contributed by atoms with Gasteiger partial charge in [-0.1, -0.05) is 53.0 Å². The quantitative estimate of drug-likeness (QED) is 0.185. The molecule has 0 spiro atoms. The summed E-state index contributed by atoms with van der Waals surface area (Å²) in [6.07, 6.45) is -1.31. The molecule has 2 rings (SSSR count). The Hall–Kier alpha value is -2.66. The van der Waals surface area contributed by atoms with Gasteiger partial charge < -0.3 is 25.9 Å². The van der Waals surface area contributed by atoms with Crippen molar-refractivity contribution in [3.8, 4) is 0 Å². The number of carboxylic acid groups (broad SMARTS) is 1. The number of carboxylic acids is 1. The number of non-ortho nitro benzene ring substituents is 1. The molecule has 0 bridgehead atoms. The van der Waals surface area contributed by atoms with Gasteiger partial charge in [0.05, 0.1) is 10.9 Å². The van der Waals surface area contributed by atoms with Crippen LogP contribution in [0.4, 0.5) is 11.4 Å². The number of hydrogen-bond acceptors (Lipinski definition) is 6. The number of amides is 1. The molecule has 0 heterocycles. The van der Waals surface area contributed by atoms with Gasteiger partial charge in [-0.05, 0) is 36.0 Å². The van der Waals surface area contributed by atoms with Gasteiger partial charge in [-0.3, -0.25) is 14.9 Å². The summed E-state index contributed by atoms with van der Waals surface area (Å²) in [7, 11) is 0. The van der Waals surface area contributed by atoms with Crippen molar-refractivity contribution < 1.29 is 19.6 Å². The highest BCUT2D eigenvalue weighted by Gasteiger charge is 2.35. The van der Waals surface area contributed by atoms with Crippen LogP contribution in [0.15, 0.2) is 48.5 Å². The Morgan fingerprint density at radius 3 is 2.20 bits per heavy atom. The third-order valence-electron chi connectivity index (χ3n) is 3.58. The first-order chi connectivity index (χ1) is 14.0. The summed E-state index contributed by atoms with van der Waals surface area (Å²) in [5.41, 5.74) is 0.0913. The van der Waals surface area contributed by atoms with Gasteiger partial charge in [-0.2, -0.15) is 0 Å². The Morgan fingerprint density at radius 2 is 1.67 bits per heavy atom. The number of benzene rings is 2. The first-order valence-corrected chi connectivity index (χ1v) is 9.52. The molecule has 0 aliphatic carbocycles. The van der Waals surface area contributed by atoms with Crippen LogP contribution in [-0.2, 0) is 0 Å². The minimum absolute atomic E-state index is 0.0252. The van der Waals surface area contributed by atoms with Crippen molar-refractivity contribution in [3.63, 3.8) is 0 Å². The first-order valence-electron chi connectivity index (χ1n) is 7.98. The second kappa shape index (κ2) is 9.90. The summed E-state index contributed by atoms with van der Waals surface area (Å²) in [6.45, 7) is 0. The summed E-state index contributed by atoms with van der Waals surface area (Å²) in [5.74, 6) is -2.08. The molecule has 2 aromatic rings. The molecule has 0 saturated heterocycles. The SMILES string of the molecule is O=C([O-])c1ccc(NC(=S)N[C@H](NC(=O)c2cccc([N+](=O)[O-])c2)C(Cl)(Cl)Cl)cc1. The Balaban J connectivity index is 2.09. The molecule has 0 radical (unpaired) electrons. The third kappa shape index (κ3) is 6.70. The minimum atomic E-state index is -2.04. The zero-order chi connectivity index (χ0) is 22.5. The number of nitro benzene ring substituents is 1. The largest absolute Gasteiger partial charge is 0.545 e. The molecular formula is C17H12Cl3N4O5S-. The van der Waals surface area contributed by atoms with Crippen molar-refractivity contribution in [2.24, 2.45) is 0 Å². The maximum Gasteiger partial charge on any atom is 0.270 e. The summed E-state index contributed by atoms with van der Waals surface area (Å²) < 4.78 is -2.04. The fraction of sp³-hybridized carbons (Fsp3) is 0.118. The molecule has 158 valence electrons. The highest BCUT2D eigenvalue weighted by atomic mass is 35.6. The normalized spacial score (nSPS) is 11.8. The van der Waals surface area contributed by atoms with Gasteiger partial charge in [0.2, 0.25) is 3.79 Å².